The van der Waals surface area contributed by atoms with Gasteiger partial charge in [-0.25, -0.2) is 33.4 Å². The van der Waals surface area contributed by atoms with Gasteiger partial charge in [-0.3, -0.25) is 30.0 Å². The summed E-state index contributed by atoms with van der Waals surface area (Å²) in [5.74, 6) is -0.426. The van der Waals surface area contributed by atoms with E-state index in [-0.39, 0.29) is 23.9 Å². The highest BCUT2D eigenvalue weighted by atomic mass is 19.1. The van der Waals surface area contributed by atoms with E-state index in [0.717, 1.165) is 55.4 Å². The quantitative estimate of drug-likeness (QED) is 0.0893. The maximum atomic E-state index is 13.4. The number of aromatic nitrogens is 16. The molecule has 0 amide bonds. The molecule has 2 unspecified atom stereocenters. The number of nitrogens with one attached hydrogen (secondary N) is 7. The molecule has 0 spiro atoms. The Morgan fingerprint density at radius 3 is 1.66 bits per heavy atom. The number of para-hydroxylation sites is 2. The minimum Gasteiger partial charge on any atom is -0.390 e. The number of rotatable bonds is 9. The summed E-state index contributed by atoms with van der Waals surface area (Å²) in [6.07, 6.45) is 14.1. The fourth-order valence-corrected chi connectivity index (χ4v) is 10.6. The van der Waals surface area contributed by atoms with Crippen molar-refractivity contribution in [1.82, 2.24) is 90.0 Å². The molecule has 12 aromatic rings. The summed E-state index contributed by atoms with van der Waals surface area (Å²) >= 11 is 0. The maximum Gasteiger partial charge on any atom is 0.436 e. The Morgan fingerprint density at radius 1 is 0.632 bits per heavy atom. The number of H-pyrrole nitrogens is 5. The number of imidazole rings is 2. The second-order valence-electron chi connectivity index (χ2n) is 18.6. The molecule has 0 saturated carbocycles. The van der Waals surface area contributed by atoms with Crippen LogP contribution in [0.25, 0.3) is 44.6 Å². The van der Waals surface area contributed by atoms with E-state index in [4.69, 9.17) is 8.83 Å². The first-order chi connectivity index (χ1) is 37.0. The van der Waals surface area contributed by atoms with Crippen LogP contribution in [0.2, 0.25) is 0 Å². The zero-order valence-corrected chi connectivity index (χ0v) is 40.6. The van der Waals surface area contributed by atoms with Crippen molar-refractivity contribution in [3.05, 3.63) is 212 Å². The van der Waals surface area contributed by atoms with Crippen LogP contribution in [0, 0.1) is 11.6 Å². The molecule has 0 radical (unpaired) electrons. The third-order valence-electron chi connectivity index (χ3n) is 14.1. The number of hydrogen-bond acceptors (Lipinski definition) is 14. The molecule has 2 aliphatic rings. The number of pyridine rings is 2. The van der Waals surface area contributed by atoms with Crippen molar-refractivity contribution in [2.45, 2.75) is 49.5 Å². The number of benzene rings is 2. The molecule has 12 heterocycles. The lowest BCUT2D eigenvalue weighted by Crippen LogP contribution is -2.51. The first-order valence-electron chi connectivity index (χ1n) is 24.2. The number of nitrogens with zero attached hydrogens (tertiary/aromatic N) is 11. The molecular weight excluding hydrogens is 979 g/mol. The number of aryl methyl sites for hydroxylation is 3. The number of fused-ring (bicyclic) bond motifs is 6. The van der Waals surface area contributed by atoms with Gasteiger partial charge in [-0.2, -0.15) is 14.9 Å². The summed E-state index contributed by atoms with van der Waals surface area (Å²) in [7, 11) is 3.37. The molecule has 4 atom stereocenters. The summed E-state index contributed by atoms with van der Waals surface area (Å²) in [6.45, 7) is 2.66. The van der Waals surface area contributed by atoms with Gasteiger partial charge in [-0.05, 0) is 67.3 Å². The van der Waals surface area contributed by atoms with Gasteiger partial charge in [0.05, 0.1) is 83.4 Å². The van der Waals surface area contributed by atoms with Crippen LogP contribution in [0.1, 0.15) is 76.1 Å². The molecule has 0 saturated heterocycles. The van der Waals surface area contributed by atoms with Crippen molar-refractivity contribution in [3.63, 3.8) is 0 Å². The van der Waals surface area contributed by atoms with Crippen molar-refractivity contribution in [1.29, 1.82) is 0 Å². The fraction of sp³-hybridized carbons (Fsp3) is 0.192. The third kappa shape index (κ3) is 7.51. The Labute approximate surface area is 426 Å². The normalized spacial score (nSPS) is 19.2. The summed E-state index contributed by atoms with van der Waals surface area (Å²) < 4.78 is 42.9. The van der Waals surface area contributed by atoms with Crippen LogP contribution in [0.15, 0.2) is 141 Å². The average Bonchev–Trinajstić information content (AvgIpc) is 4.49. The van der Waals surface area contributed by atoms with Crippen LogP contribution in [0.5, 0.6) is 0 Å². The molecule has 24 heteroatoms. The summed E-state index contributed by atoms with van der Waals surface area (Å²) in [6, 6.07) is 21.3. The zero-order chi connectivity index (χ0) is 51.9. The van der Waals surface area contributed by atoms with E-state index in [1.54, 1.807) is 53.3 Å². The van der Waals surface area contributed by atoms with Gasteiger partial charge in [0, 0.05) is 66.0 Å². The lowest BCUT2D eigenvalue weighted by molar-refractivity contribution is 0.284. The Balaban J connectivity index is 0.000000146. The predicted molar refractivity (Wildman–Crippen MR) is 269 cm³/mol. The van der Waals surface area contributed by atoms with Crippen LogP contribution in [-0.2, 0) is 44.6 Å². The highest BCUT2D eigenvalue weighted by molar-refractivity contribution is 5.87. The van der Waals surface area contributed by atoms with Gasteiger partial charge in [-0.15, -0.1) is 10.2 Å². The zero-order valence-electron chi connectivity index (χ0n) is 40.6. The molecule has 0 bridgehead atoms. The van der Waals surface area contributed by atoms with E-state index >= 15 is 0 Å². The van der Waals surface area contributed by atoms with Crippen LogP contribution in [0.4, 0.5) is 8.78 Å². The number of hydrogen-bond donors (Lipinski definition) is 7. The topological polar surface area (TPSA) is 281 Å². The molecular formula is C52H44F2N18O4. The highest BCUT2D eigenvalue weighted by Crippen LogP contribution is 2.47. The van der Waals surface area contributed by atoms with Crippen molar-refractivity contribution >= 4 is 21.8 Å². The van der Waals surface area contributed by atoms with Crippen LogP contribution < -0.4 is 22.1 Å². The molecule has 380 valence electrons. The van der Waals surface area contributed by atoms with Gasteiger partial charge < -0.3 is 28.8 Å². The number of halogens is 2. The van der Waals surface area contributed by atoms with E-state index in [2.05, 4.69) is 88.1 Å². The largest absolute Gasteiger partial charge is 0.436 e. The molecule has 10 aromatic heterocycles. The lowest BCUT2D eigenvalue weighted by atomic mass is 9.79. The van der Waals surface area contributed by atoms with Crippen molar-refractivity contribution in [2.75, 3.05) is 0 Å². The van der Waals surface area contributed by atoms with Gasteiger partial charge >= 0.3 is 11.5 Å². The van der Waals surface area contributed by atoms with E-state index in [1.807, 2.05) is 62.8 Å². The molecule has 22 nitrogen and oxygen atoms in total. The maximum absolute atomic E-state index is 13.4. The Kier molecular flexibility index (Phi) is 10.8. The second-order valence-corrected chi connectivity index (χ2v) is 18.6. The first kappa shape index (κ1) is 46.1. The average molecular weight is 1020 g/mol. The first-order valence-corrected chi connectivity index (χ1v) is 24.2. The molecule has 2 aromatic carbocycles. The third-order valence-corrected chi connectivity index (χ3v) is 14.1. The highest BCUT2D eigenvalue weighted by Gasteiger charge is 2.52. The summed E-state index contributed by atoms with van der Waals surface area (Å²) in [5.41, 5.74) is 7.20. The monoisotopic (exact) mass is 1020 g/mol. The molecule has 2 aliphatic heterocycles. The molecule has 0 aliphatic carbocycles. The molecule has 14 rings (SSSR count). The molecule has 0 fully saturated rings. The molecule has 7 N–H and O–H groups in total. The number of aromatic amines is 5. The standard InChI is InChI=1S/2C26H22FN9O2/c1-35-13-14(10-30-35)26(24-34-36(2)25(37)38-24)22-17(16-5-3-4-6-18(16)31-22)9-20(33-26)23-29-12-21(32-23)19-8-7-15(27)11-28-19;1-2-36-13-14(10-30-36)26(24-34-35-25(37)38-24)22-17(16-5-3-4-6-18(16)31-22)9-20(33-26)23-29-12-21(32-23)19-8-7-15(27)11-28-19/h3-8,10-13,20,31,33H,9H2,1-2H3,(H,29,32);3-8,10-13,20,31,33H,2,9H2,1H3,(H,29,32)(H,35,37)/t2*20-,26?/m11/s1. The van der Waals surface area contributed by atoms with Crippen LogP contribution >= 0.6 is 0 Å². The minimum absolute atomic E-state index is 0.155. The van der Waals surface area contributed by atoms with E-state index in [9.17, 15) is 18.4 Å². The summed E-state index contributed by atoms with van der Waals surface area (Å²) in [5, 5.41) is 29.6. The predicted octanol–water partition coefficient (Wildman–Crippen LogP) is 5.85. The lowest BCUT2D eigenvalue weighted by Gasteiger charge is -2.38. The van der Waals surface area contributed by atoms with Crippen molar-refractivity contribution < 1.29 is 17.6 Å². The van der Waals surface area contributed by atoms with Gasteiger partial charge in [0.2, 0.25) is 11.8 Å². The van der Waals surface area contributed by atoms with Crippen LogP contribution in [0.3, 0.4) is 0 Å². The second kappa shape index (κ2) is 17.8. The SMILES string of the molecule is CCn1cc(C2(c3n[nH]c(=O)o3)N[C@@H](c3ncc(-c4ccc(F)cn4)[nH]3)Cc3c2[nH]c2ccccc32)cn1.Cn1cc(C2(c3nn(C)c(=O)o3)N[C@@H](c3ncc(-c4ccc(F)cn4)[nH]3)Cc3c2[nH]c2ccccc32)cn1. The van der Waals surface area contributed by atoms with Gasteiger partial charge in [-0.1, -0.05) is 36.4 Å². The Hall–Kier alpha value is -9.68. The Morgan fingerprint density at radius 2 is 1.18 bits per heavy atom. The van der Waals surface area contributed by atoms with E-state index in [0.29, 0.717) is 53.8 Å². The smallest absolute Gasteiger partial charge is 0.390 e. The van der Waals surface area contributed by atoms with Gasteiger partial charge in [0.15, 0.2) is 11.1 Å². The van der Waals surface area contributed by atoms with Crippen LogP contribution in [-0.4, -0.2) is 79.4 Å². The van der Waals surface area contributed by atoms with Crippen molar-refractivity contribution in [3.8, 4) is 22.8 Å². The molecule has 76 heavy (non-hydrogen) atoms. The fourth-order valence-electron chi connectivity index (χ4n) is 10.6. The van der Waals surface area contributed by atoms with E-state index in [1.165, 1.54) is 29.2 Å². The van der Waals surface area contributed by atoms with Crippen molar-refractivity contribution in [2.24, 2.45) is 14.1 Å². The summed E-state index contributed by atoms with van der Waals surface area (Å²) in [4.78, 5) is 56.1. The van der Waals surface area contributed by atoms with Gasteiger partial charge in [0.25, 0.3) is 0 Å². The Bertz CT molecular complexity index is 4230. The van der Waals surface area contributed by atoms with E-state index < -0.39 is 34.2 Å². The minimum atomic E-state index is -1.18. The van der Waals surface area contributed by atoms with Gasteiger partial charge in [0.1, 0.15) is 23.3 Å².